The van der Waals surface area contributed by atoms with E-state index in [0.29, 0.717) is 5.56 Å². The molecule has 0 aliphatic carbocycles. The Labute approximate surface area is 131 Å². The molecule has 4 nitrogen and oxygen atoms in total. The average molecular weight is 304 g/mol. The van der Waals surface area contributed by atoms with Gasteiger partial charge < -0.3 is 9.47 Å². The molecular weight excluding hydrogens is 280 g/mol. The molecule has 0 radical (unpaired) electrons. The Morgan fingerprint density at radius 1 is 0.909 bits per heavy atom. The van der Waals surface area contributed by atoms with Crippen LogP contribution in [0.1, 0.15) is 53.0 Å². The third kappa shape index (κ3) is 2.74. The second-order valence-electron chi connectivity index (χ2n) is 7.79. The fourth-order valence-electron chi connectivity index (χ4n) is 2.43. The largest absolute Gasteiger partial charge is 0.492 e. The fourth-order valence-corrected chi connectivity index (χ4v) is 2.43. The van der Waals surface area contributed by atoms with Gasteiger partial charge in [-0.05, 0) is 12.2 Å². The average Bonchev–Trinajstić information content (AvgIpc) is 2.40. The van der Waals surface area contributed by atoms with Gasteiger partial charge in [-0.25, -0.2) is 0 Å². The first-order valence-corrected chi connectivity index (χ1v) is 7.46. The number of hydrogen-bond acceptors (Lipinski definition) is 4. The maximum Gasteiger partial charge on any atom is 0.268 e. The zero-order chi connectivity index (χ0) is 16.9. The van der Waals surface area contributed by atoms with Crippen LogP contribution in [0.15, 0.2) is 33.3 Å². The van der Waals surface area contributed by atoms with E-state index in [2.05, 4.69) is 41.5 Å². The molecule has 0 fully saturated rings. The lowest BCUT2D eigenvalue weighted by molar-refractivity contribution is 0.156. The summed E-state index contributed by atoms with van der Waals surface area (Å²) >= 11 is 0. The van der Waals surface area contributed by atoms with Crippen LogP contribution in [0.4, 0.5) is 0 Å². The second-order valence-corrected chi connectivity index (χ2v) is 7.79. The summed E-state index contributed by atoms with van der Waals surface area (Å²) in [6.45, 7) is 12.3. The van der Waals surface area contributed by atoms with E-state index < -0.39 is 10.9 Å². The van der Waals surface area contributed by atoms with E-state index >= 15 is 0 Å². The van der Waals surface area contributed by atoms with Crippen molar-refractivity contribution < 1.29 is 9.47 Å². The SMILES string of the molecule is COc1c(C2C=C(C(C)(C)C)OC(C(C)(C)C)=C2)c(=O)c1=O. The number of ether oxygens (including phenoxy) is 2. The van der Waals surface area contributed by atoms with Crippen LogP contribution in [0.3, 0.4) is 0 Å². The Bertz CT molecular complexity index is 684. The van der Waals surface area contributed by atoms with Gasteiger partial charge in [0.2, 0.25) is 5.43 Å². The highest BCUT2D eigenvalue weighted by Crippen LogP contribution is 2.42. The maximum absolute atomic E-state index is 12.0. The zero-order valence-corrected chi connectivity index (χ0v) is 14.4. The molecule has 0 N–H and O–H groups in total. The predicted octanol–water partition coefficient (Wildman–Crippen LogP) is 3.27. The number of allylic oxidation sites excluding steroid dienone is 4. The van der Waals surface area contributed by atoms with Gasteiger partial charge in [0.25, 0.3) is 5.43 Å². The Kier molecular flexibility index (Phi) is 3.84. The lowest BCUT2D eigenvalue weighted by atomic mass is 9.82. The van der Waals surface area contributed by atoms with E-state index in [1.165, 1.54) is 7.11 Å². The molecule has 1 aliphatic rings. The van der Waals surface area contributed by atoms with Crippen molar-refractivity contribution >= 4 is 0 Å². The first kappa shape index (κ1) is 16.5. The lowest BCUT2D eigenvalue weighted by Crippen LogP contribution is -2.38. The fraction of sp³-hybridized carbons (Fsp3) is 0.556. The minimum Gasteiger partial charge on any atom is -0.492 e. The first-order valence-electron chi connectivity index (χ1n) is 7.46. The minimum atomic E-state index is -0.541. The van der Waals surface area contributed by atoms with Gasteiger partial charge in [-0.1, -0.05) is 41.5 Å². The molecule has 0 unspecified atom stereocenters. The van der Waals surface area contributed by atoms with E-state index in [1.54, 1.807) is 0 Å². The topological polar surface area (TPSA) is 52.6 Å². The van der Waals surface area contributed by atoms with Crippen molar-refractivity contribution in [2.75, 3.05) is 7.11 Å². The highest BCUT2D eigenvalue weighted by molar-refractivity contribution is 5.48. The van der Waals surface area contributed by atoms with E-state index in [9.17, 15) is 9.59 Å². The van der Waals surface area contributed by atoms with Crippen molar-refractivity contribution in [3.8, 4) is 5.75 Å². The molecule has 2 rings (SSSR count). The van der Waals surface area contributed by atoms with Crippen LogP contribution in [0, 0.1) is 10.8 Å². The quantitative estimate of drug-likeness (QED) is 0.787. The molecule has 0 spiro atoms. The zero-order valence-electron chi connectivity index (χ0n) is 14.4. The molecule has 0 aromatic heterocycles. The van der Waals surface area contributed by atoms with Crippen molar-refractivity contribution in [2.24, 2.45) is 10.8 Å². The van der Waals surface area contributed by atoms with Gasteiger partial charge in [0.05, 0.1) is 12.7 Å². The lowest BCUT2D eigenvalue weighted by Gasteiger charge is -2.34. The predicted molar refractivity (Wildman–Crippen MR) is 86.8 cm³/mol. The molecular formula is C18H24O4. The van der Waals surface area contributed by atoms with Crippen molar-refractivity contribution in [3.63, 3.8) is 0 Å². The van der Waals surface area contributed by atoms with Crippen LogP contribution in [-0.2, 0) is 4.74 Å². The van der Waals surface area contributed by atoms with Crippen molar-refractivity contribution in [1.29, 1.82) is 0 Å². The van der Waals surface area contributed by atoms with Crippen LogP contribution in [0.25, 0.3) is 0 Å². The first-order chi connectivity index (χ1) is 9.96. The molecule has 0 bridgehead atoms. The Morgan fingerprint density at radius 2 is 1.36 bits per heavy atom. The van der Waals surface area contributed by atoms with E-state index in [1.807, 2.05) is 12.2 Å². The van der Waals surface area contributed by atoms with Gasteiger partial charge in [0.15, 0.2) is 5.75 Å². The standard InChI is InChI=1S/C18H24O4/c1-17(2,3)11-8-10(9-12(22-11)18(4,5)6)13-14(19)15(20)16(13)21-7/h8-10H,1-7H3. The molecule has 1 aromatic carbocycles. The molecule has 4 heteroatoms. The van der Waals surface area contributed by atoms with Crippen molar-refractivity contribution in [2.45, 2.75) is 47.5 Å². The third-order valence-corrected chi connectivity index (χ3v) is 3.80. The molecule has 0 atom stereocenters. The molecule has 1 aliphatic heterocycles. The van der Waals surface area contributed by atoms with Gasteiger partial charge in [-0.15, -0.1) is 0 Å². The monoisotopic (exact) mass is 304 g/mol. The highest BCUT2D eigenvalue weighted by Gasteiger charge is 2.35. The summed E-state index contributed by atoms with van der Waals surface area (Å²) in [5, 5.41) is 0. The van der Waals surface area contributed by atoms with E-state index in [4.69, 9.17) is 9.47 Å². The third-order valence-electron chi connectivity index (χ3n) is 3.80. The highest BCUT2D eigenvalue weighted by atomic mass is 16.5. The molecule has 0 saturated heterocycles. The van der Waals surface area contributed by atoms with Crippen LogP contribution in [0.2, 0.25) is 0 Å². The van der Waals surface area contributed by atoms with Gasteiger partial charge in [0.1, 0.15) is 11.5 Å². The Morgan fingerprint density at radius 3 is 1.73 bits per heavy atom. The van der Waals surface area contributed by atoms with Crippen LogP contribution in [-0.4, -0.2) is 7.11 Å². The maximum atomic E-state index is 12.0. The molecule has 120 valence electrons. The van der Waals surface area contributed by atoms with Crippen molar-refractivity contribution in [1.82, 2.24) is 0 Å². The summed E-state index contributed by atoms with van der Waals surface area (Å²) < 4.78 is 11.1. The van der Waals surface area contributed by atoms with Crippen LogP contribution in [0.5, 0.6) is 5.75 Å². The summed E-state index contributed by atoms with van der Waals surface area (Å²) in [5.74, 6) is 1.50. The van der Waals surface area contributed by atoms with Crippen molar-refractivity contribution in [3.05, 3.63) is 49.7 Å². The summed E-state index contributed by atoms with van der Waals surface area (Å²) in [5.41, 5.74) is -0.946. The summed E-state index contributed by atoms with van der Waals surface area (Å²) in [7, 11) is 1.42. The molecule has 0 amide bonds. The normalized spacial score (nSPS) is 17.0. The minimum absolute atomic E-state index is 0.172. The molecule has 22 heavy (non-hydrogen) atoms. The van der Waals surface area contributed by atoms with Gasteiger partial charge in [-0.2, -0.15) is 0 Å². The molecule has 0 saturated carbocycles. The number of methoxy groups -OCH3 is 1. The van der Waals surface area contributed by atoms with Crippen LogP contribution >= 0.6 is 0 Å². The number of hydrogen-bond donors (Lipinski definition) is 0. The molecule has 1 aromatic rings. The molecule has 1 heterocycles. The van der Waals surface area contributed by atoms with Gasteiger partial charge >= 0.3 is 0 Å². The summed E-state index contributed by atoms with van der Waals surface area (Å²) in [6, 6.07) is 0. The second kappa shape index (κ2) is 5.11. The smallest absolute Gasteiger partial charge is 0.268 e. The van der Waals surface area contributed by atoms with E-state index in [-0.39, 0.29) is 22.5 Å². The summed E-state index contributed by atoms with van der Waals surface area (Å²) in [4.78, 5) is 23.6. The summed E-state index contributed by atoms with van der Waals surface area (Å²) in [6.07, 6.45) is 3.82. The Hall–Kier alpha value is -1.84. The van der Waals surface area contributed by atoms with E-state index in [0.717, 1.165) is 11.5 Å². The Balaban J connectivity index is 2.56. The number of rotatable bonds is 2. The van der Waals surface area contributed by atoms with Gasteiger partial charge in [-0.3, -0.25) is 9.59 Å². The van der Waals surface area contributed by atoms with Gasteiger partial charge in [0, 0.05) is 16.7 Å². The van der Waals surface area contributed by atoms with Crippen LogP contribution < -0.4 is 15.6 Å².